The molecule has 64 valence electrons. The zero-order valence-corrected chi connectivity index (χ0v) is 7.10. The first-order chi connectivity index (χ1) is 5.38. The molecule has 1 heterocycles. The second kappa shape index (κ2) is 4.58. The van der Waals surface area contributed by atoms with Crippen molar-refractivity contribution in [1.82, 2.24) is 5.32 Å². The zero-order chi connectivity index (χ0) is 8.10. The van der Waals surface area contributed by atoms with Crippen LogP contribution in [0.4, 0.5) is 0 Å². The Bertz CT molecular complexity index is 129. The Balaban J connectivity index is 2.15. The van der Waals surface area contributed by atoms with Crippen molar-refractivity contribution in [3.8, 4) is 0 Å². The molecule has 1 amide bonds. The topological polar surface area (TPSA) is 54.2 Å². The van der Waals surface area contributed by atoms with Gasteiger partial charge >= 0.3 is 0 Å². The highest BCUT2D eigenvalue weighted by molar-refractivity contribution is 7.98. The molecule has 0 aliphatic carbocycles. The maximum Gasteiger partial charge on any atom is 0.244 e. The fraction of sp³-hybridized carbons (Fsp3) is 0.833. The number of hydrogen-bond donors (Lipinski definition) is 1. The largest absolute Gasteiger partial charge is 0.351 e. The molecule has 0 bridgehead atoms. The van der Waals surface area contributed by atoms with Gasteiger partial charge in [0.25, 0.3) is 0 Å². The summed E-state index contributed by atoms with van der Waals surface area (Å²) in [6.07, 6.45) is 3.36. The highest BCUT2D eigenvalue weighted by Gasteiger charge is 2.35. The van der Waals surface area contributed by atoms with Crippen LogP contribution in [0.3, 0.4) is 0 Å². The molecule has 11 heavy (non-hydrogen) atoms. The molecular weight excluding hydrogens is 166 g/mol. The van der Waals surface area contributed by atoms with Gasteiger partial charge < -0.3 is 5.32 Å². The third kappa shape index (κ3) is 3.09. The van der Waals surface area contributed by atoms with Gasteiger partial charge in [-0.25, -0.2) is 0 Å². The quantitative estimate of drug-likeness (QED) is 0.356. The van der Waals surface area contributed by atoms with Crippen LogP contribution in [-0.2, 0) is 14.6 Å². The SMILES string of the molecule is CSCC[C@H](NC=O)C1OO1. The van der Waals surface area contributed by atoms with Gasteiger partial charge in [0.15, 0.2) is 0 Å². The molecule has 1 saturated heterocycles. The van der Waals surface area contributed by atoms with Crippen LogP contribution < -0.4 is 5.32 Å². The Morgan fingerprint density at radius 2 is 2.45 bits per heavy atom. The minimum absolute atomic E-state index is 0.0138. The minimum atomic E-state index is -0.215. The first kappa shape index (κ1) is 8.83. The normalized spacial score (nSPS) is 19.4. The van der Waals surface area contributed by atoms with Crippen molar-refractivity contribution in [2.24, 2.45) is 0 Å². The lowest BCUT2D eigenvalue weighted by Gasteiger charge is -2.08. The molecule has 0 radical (unpaired) electrons. The molecule has 0 unspecified atom stereocenters. The molecule has 5 heteroatoms. The molecule has 0 aromatic heterocycles. The van der Waals surface area contributed by atoms with Gasteiger partial charge in [-0.3, -0.25) is 4.79 Å². The summed E-state index contributed by atoms with van der Waals surface area (Å²) in [6.45, 7) is 0. The molecule has 1 atom stereocenters. The standard InChI is InChI=1S/C6H11NO3S/c1-11-3-2-5(7-4-8)6-9-10-6/h4-6H,2-3H2,1H3,(H,7,8)/t5-/m0/s1. The maximum absolute atomic E-state index is 10.1. The lowest BCUT2D eigenvalue weighted by atomic mass is 10.2. The van der Waals surface area contributed by atoms with E-state index in [0.717, 1.165) is 12.2 Å². The van der Waals surface area contributed by atoms with Crippen LogP contribution in [0.1, 0.15) is 6.42 Å². The van der Waals surface area contributed by atoms with Crippen molar-refractivity contribution in [3.63, 3.8) is 0 Å². The molecule has 1 N–H and O–H groups in total. The second-order valence-electron chi connectivity index (χ2n) is 2.23. The first-order valence-corrected chi connectivity index (χ1v) is 4.78. The van der Waals surface area contributed by atoms with Crippen molar-refractivity contribution in [1.29, 1.82) is 0 Å². The van der Waals surface area contributed by atoms with Crippen molar-refractivity contribution >= 4 is 18.2 Å². The first-order valence-electron chi connectivity index (χ1n) is 3.39. The summed E-state index contributed by atoms with van der Waals surface area (Å²) in [4.78, 5) is 19.3. The van der Waals surface area contributed by atoms with Gasteiger partial charge in [0, 0.05) is 0 Å². The fourth-order valence-corrected chi connectivity index (χ4v) is 1.29. The van der Waals surface area contributed by atoms with Crippen LogP contribution in [0.15, 0.2) is 0 Å². The molecular formula is C6H11NO3S. The molecule has 0 aromatic carbocycles. The van der Waals surface area contributed by atoms with Gasteiger partial charge in [-0.05, 0) is 18.4 Å². The smallest absolute Gasteiger partial charge is 0.244 e. The summed E-state index contributed by atoms with van der Waals surface area (Å²) in [6, 6.07) is 0.0138. The molecule has 0 aromatic rings. The number of rotatable bonds is 6. The lowest BCUT2D eigenvalue weighted by Crippen LogP contribution is -2.33. The van der Waals surface area contributed by atoms with E-state index in [1.54, 1.807) is 11.8 Å². The van der Waals surface area contributed by atoms with E-state index in [-0.39, 0.29) is 12.3 Å². The molecule has 4 nitrogen and oxygen atoms in total. The summed E-state index contributed by atoms with van der Waals surface area (Å²) in [7, 11) is 0. The maximum atomic E-state index is 10.1. The predicted molar refractivity (Wildman–Crippen MR) is 41.9 cm³/mol. The van der Waals surface area contributed by atoms with Crippen LogP contribution >= 0.6 is 11.8 Å². The Kier molecular flexibility index (Phi) is 3.68. The Morgan fingerprint density at radius 3 is 2.91 bits per heavy atom. The third-order valence-electron chi connectivity index (χ3n) is 1.45. The van der Waals surface area contributed by atoms with Crippen LogP contribution in [0, 0.1) is 0 Å². The molecule has 0 saturated carbocycles. The number of carbonyl (C=O) groups is 1. The lowest BCUT2D eigenvalue weighted by molar-refractivity contribution is -0.110. The monoisotopic (exact) mass is 177 g/mol. The number of amides is 1. The third-order valence-corrected chi connectivity index (χ3v) is 2.09. The van der Waals surface area contributed by atoms with Crippen molar-refractivity contribution < 1.29 is 14.6 Å². The summed E-state index contributed by atoms with van der Waals surface area (Å²) >= 11 is 1.73. The Labute approximate surface area is 69.5 Å². The number of hydrogen-bond acceptors (Lipinski definition) is 4. The Morgan fingerprint density at radius 1 is 1.73 bits per heavy atom. The summed E-state index contributed by atoms with van der Waals surface area (Å²) in [5.41, 5.74) is 0. The van der Waals surface area contributed by atoms with Crippen LogP contribution in [0.2, 0.25) is 0 Å². The van der Waals surface area contributed by atoms with Gasteiger partial charge in [-0.1, -0.05) is 0 Å². The number of carbonyl (C=O) groups excluding carboxylic acids is 1. The van der Waals surface area contributed by atoms with Crippen molar-refractivity contribution in [3.05, 3.63) is 0 Å². The van der Waals surface area contributed by atoms with E-state index in [2.05, 4.69) is 15.1 Å². The van der Waals surface area contributed by atoms with Gasteiger partial charge in [-0.2, -0.15) is 21.5 Å². The molecule has 1 fully saturated rings. The van der Waals surface area contributed by atoms with Crippen molar-refractivity contribution in [2.45, 2.75) is 18.8 Å². The minimum Gasteiger partial charge on any atom is -0.351 e. The van der Waals surface area contributed by atoms with E-state index in [0.29, 0.717) is 6.41 Å². The number of nitrogens with one attached hydrogen (secondary N) is 1. The highest BCUT2D eigenvalue weighted by atomic mass is 32.2. The van der Waals surface area contributed by atoms with Crippen molar-refractivity contribution in [2.75, 3.05) is 12.0 Å². The van der Waals surface area contributed by atoms with Gasteiger partial charge in [0.05, 0.1) is 6.04 Å². The summed E-state index contributed by atoms with van der Waals surface area (Å²) in [5, 5.41) is 2.64. The molecule has 1 aliphatic heterocycles. The van der Waals surface area contributed by atoms with Crippen LogP contribution in [-0.4, -0.2) is 30.8 Å². The number of thioether (sulfide) groups is 1. The van der Waals surface area contributed by atoms with Crippen LogP contribution in [0.25, 0.3) is 0 Å². The van der Waals surface area contributed by atoms with Gasteiger partial charge in [-0.15, -0.1) is 0 Å². The fourth-order valence-electron chi connectivity index (χ4n) is 0.796. The average molecular weight is 177 g/mol. The average Bonchev–Trinajstić information content (AvgIpc) is 2.80. The van der Waals surface area contributed by atoms with E-state index in [1.807, 2.05) is 6.26 Å². The van der Waals surface area contributed by atoms with Gasteiger partial charge in [0.2, 0.25) is 12.7 Å². The summed E-state index contributed by atoms with van der Waals surface area (Å²) in [5.74, 6) is 0.995. The van der Waals surface area contributed by atoms with E-state index >= 15 is 0 Å². The molecule has 1 aliphatic rings. The van der Waals surface area contributed by atoms with Gasteiger partial charge in [0.1, 0.15) is 0 Å². The molecule has 1 rings (SSSR count). The van der Waals surface area contributed by atoms with E-state index < -0.39 is 0 Å². The summed E-state index contributed by atoms with van der Waals surface area (Å²) < 4.78 is 0. The van der Waals surface area contributed by atoms with E-state index in [1.165, 1.54) is 0 Å². The zero-order valence-electron chi connectivity index (χ0n) is 6.28. The Hall–Kier alpha value is -0.260. The van der Waals surface area contributed by atoms with E-state index in [9.17, 15) is 4.79 Å². The predicted octanol–water partition coefficient (Wildman–Crippen LogP) is 0.142. The second-order valence-corrected chi connectivity index (χ2v) is 3.22. The van der Waals surface area contributed by atoms with E-state index in [4.69, 9.17) is 0 Å². The molecule has 0 spiro atoms. The highest BCUT2D eigenvalue weighted by Crippen LogP contribution is 2.19. The van der Waals surface area contributed by atoms with Crippen LogP contribution in [0.5, 0.6) is 0 Å².